The number of ether oxygens (including phenoxy) is 2. The van der Waals surface area contributed by atoms with Crippen molar-refractivity contribution in [3.8, 4) is 11.5 Å². The van der Waals surface area contributed by atoms with E-state index in [2.05, 4.69) is 5.32 Å². The second-order valence-electron chi connectivity index (χ2n) is 5.69. The minimum atomic E-state index is -4.44. The van der Waals surface area contributed by atoms with Crippen LogP contribution in [0.15, 0.2) is 42.5 Å². The fraction of sp³-hybridized carbons (Fsp3) is 0.263. The van der Waals surface area contributed by atoms with Crippen LogP contribution in [-0.4, -0.2) is 25.4 Å². The van der Waals surface area contributed by atoms with Crippen molar-refractivity contribution in [1.82, 2.24) is 5.32 Å². The summed E-state index contributed by atoms with van der Waals surface area (Å²) in [7, 11) is 1.40. The van der Waals surface area contributed by atoms with E-state index in [0.717, 1.165) is 12.1 Å². The van der Waals surface area contributed by atoms with Crippen LogP contribution in [0.5, 0.6) is 11.5 Å². The lowest BCUT2D eigenvalue weighted by Gasteiger charge is -2.12. The van der Waals surface area contributed by atoms with Crippen LogP contribution >= 0.6 is 0 Å². The Labute approximate surface area is 154 Å². The van der Waals surface area contributed by atoms with Crippen LogP contribution in [0.2, 0.25) is 0 Å². The van der Waals surface area contributed by atoms with E-state index in [-0.39, 0.29) is 24.7 Å². The van der Waals surface area contributed by atoms with Gasteiger partial charge in [-0.2, -0.15) is 13.2 Å². The van der Waals surface area contributed by atoms with Crippen LogP contribution in [0.3, 0.4) is 0 Å². The van der Waals surface area contributed by atoms with Crippen molar-refractivity contribution in [1.29, 1.82) is 0 Å². The van der Waals surface area contributed by atoms with Gasteiger partial charge in [0, 0.05) is 12.1 Å². The van der Waals surface area contributed by atoms with Gasteiger partial charge >= 0.3 is 6.18 Å². The molecule has 0 atom stereocenters. The number of carbonyl (C=O) groups excluding carboxylic acids is 2. The lowest BCUT2D eigenvalue weighted by atomic mass is 10.1. The molecule has 0 spiro atoms. The molecule has 0 aromatic heterocycles. The Balaban J connectivity index is 1.93. The molecule has 0 radical (unpaired) electrons. The number of benzene rings is 2. The van der Waals surface area contributed by atoms with E-state index in [0.29, 0.717) is 16.9 Å². The minimum absolute atomic E-state index is 0.0630. The van der Waals surface area contributed by atoms with Gasteiger partial charge in [-0.15, -0.1) is 0 Å². The molecule has 144 valence electrons. The van der Waals surface area contributed by atoms with Crippen LogP contribution < -0.4 is 14.8 Å². The Morgan fingerprint density at radius 3 is 2.44 bits per heavy atom. The average Bonchev–Trinajstić information content (AvgIpc) is 2.64. The fourth-order valence-electron chi connectivity index (χ4n) is 2.26. The van der Waals surface area contributed by atoms with Gasteiger partial charge in [0.05, 0.1) is 12.7 Å². The Morgan fingerprint density at radius 2 is 1.81 bits per heavy atom. The number of alkyl halides is 3. The largest absolute Gasteiger partial charge is 0.493 e. The number of ketones is 1. The summed E-state index contributed by atoms with van der Waals surface area (Å²) in [6.07, 6.45) is -4.44. The summed E-state index contributed by atoms with van der Waals surface area (Å²) in [5.74, 6) is -0.0751. The number of methoxy groups -OCH3 is 1. The molecule has 0 saturated heterocycles. The fourth-order valence-corrected chi connectivity index (χ4v) is 2.26. The molecule has 0 saturated carbocycles. The predicted molar refractivity (Wildman–Crippen MR) is 91.8 cm³/mol. The SMILES string of the molecule is COc1cc(C(C)=O)ccc1OCC(=O)NCc1cccc(C(F)(F)F)c1. The third-order valence-electron chi connectivity index (χ3n) is 3.67. The van der Waals surface area contributed by atoms with E-state index in [1.54, 1.807) is 6.07 Å². The molecule has 1 N–H and O–H groups in total. The van der Waals surface area contributed by atoms with Crippen LogP contribution in [0.25, 0.3) is 0 Å². The van der Waals surface area contributed by atoms with Crippen molar-refractivity contribution in [2.75, 3.05) is 13.7 Å². The van der Waals surface area contributed by atoms with Gasteiger partial charge in [0.15, 0.2) is 23.9 Å². The van der Waals surface area contributed by atoms with Crippen molar-refractivity contribution < 1.29 is 32.2 Å². The summed E-state index contributed by atoms with van der Waals surface area (Å²) >= 11 is 0. The highest BCUT2D eigenvalue weighted by atomic mass is 19.4. The van der Waals surface area contributed by atoms with Gasteiger partial charge in [0.25, 0.3) is 5.91 Å². The molecule has 2 aromatic carbocycles. The molecule has 27 heavy (non-hydrogen) atoms. The number of Topliss-reactive ketones (excluding diaryl/α,β-unsaturated/α-hetero) is 1. The van der Waals surface area contributed by atoms with Gasteiger partial charge in [0.1, 0.15) is 0 Å². The summed E-state index contributed by atoms with van der Waals surface area (Å²) in [6.45, 7) is 0.998. The number of nitrogens with one attached hydrogen (secondary N) is 1. The zero-order chi connectivity index (χ0) is 20.0. The lowest BCUT2D eigenvalue weighted by molar-refractivity contribution is -0.137. The highest BCUT2D eigenvalue weighted by molar-refractivity contribution is 5.94. The number of carbonyl (C=O) groups is 2. The van der Waals surface area contributed by atoms with Gasteiger partial charge in [-0.3, -0.25) is 9.59 Å². The molecule has 0 unspecified atom stereocenters. The smallest absolute Gasteiger partial charge is 0.416 e. The standard InChI is InChI=1S/C19H18F3NO4/c1-12(24)14-6-7-16(17(9-14)26-2)27-11-18(25)23-10-13-4-3-5-15(8-13)19(20,21)22/h3-9H,10-11H2,1-2H3,(H,23,25). The molecule has 2 aromatic rings. The molecule has 5 nitrogen and oxygen atoms in total. The van der Waals surface area contributed by atoms with E-state index in [1.807, 2.05) is 0 Å². The minimum Gasteiger partial charge on any atom is -0.493 e. The van der Waals surface area contributed by atoms with Crippen LogP contribution in [0, 0.1) is 0 Å². The lowest BCUT2D eigenvalue weighted by Crippen LogP contribution is -2.28. The first-order chi connectivity index (χ1) is 12.7. The van der Waals surface area contributed by atoms with Crippen molar-refractivity contribution in [2.45, 2.75) is 19.6 Å². The van der Waals surface area contributed by atoms with E-state index in [9.17, 15) is 22.8 Å². The molecule has 0 heterocycles. The number of rotatable bonds is 7. The predicted octanol–water partition coefficient (Wildman–Crippen LogP) is 3.61. The summed E-state index contributed by atoms with van der Waals surface area (Å²) in [4.78, 5) is 23.3. The first-order valence-corrected chi connectivity index (χ1v) is 7.95. The second-order valence-corrected chi connectivity index (χ2v) is 5.69. The average molecular weight is 381 g/mol. The third kappa shape index (κ3) is 5.73. The van der Waals surface area contributed by atoms with Gasteiger partial charge in [0.2, 0.25) is 0 Å². The molecular formula is C19H18F3NO4. The van der Waals surface area contributed by atoms with E-state index in [4.69, 9.17) is 9.47 Å². The van der Waals surface area contributed by atoms with Gasteiger partial charge in [-0.25, -0.2) is 0 Å². The maximum atomic E-state index is 12.7. The van der Waals surface area contributed by atoms with E-state index < -0.39 is 17.6 Å². The molecule has 8 heteroatoms. The maximum Gasteiger partial charge on any atom is 0.416 e. The molecule has 0 fully saturated rings. The second kappa shape index (κ2) is 8.57. The highest BCUT2D eigenvalue weighted by Gasteiger charge is 2.30. The Hall–Kier alpha value is -3.03. The summed E-state index contributed by atoms with van der Waals surface area (Å²) in [5.41, 5.74) is -0.0180. The third-order valence-corrected chi connectivity index (χ3v) is 3.67. The maximum absolute atomic E-state index is 12.7. The van der Waals surface area contributed by atoms with E-state index in [1.165, 1.54) is 38.3 Å². The summed E-state index contributed by atoms with van der Waals surface area (Å²) < 4.78 is 48.5. The molecular weight excluding hydrogens is 363 g/mol. The first-order valence-electron chi connectivity index (χ1n) is 7.95. The quantitative estimate of drug-likeness (QED) is 0.744. The van der Waals surface area contributed by atoms with Crippen molar-refractivity contribution in [2.24, 2.45) is 0 Å². The molecule has 2 rings (SSSR count). The Bertz CT molecular complexity index is 834. The van der Waals surface area contributed by atoms with E-state index >= 15 is 0 Å². The van der Waals surface area contributed by atoms with Gasteiger partial charge in [-0.05, 0) is 42.8 Å². The van der Waals surface area contributed by atoms with Crippen LogP contribution in [0.1, 0.15) is 28.4 Å². The number of hydrogen-bond acceptors (Lipinski definition) is 4. The van der Waals surface area contributed by atoms with Crippen molar-refractivity contribution in [3.63, 3.8) is 0 Å². The number of halogens is 3. The number of amides is 1. The molecule has 0 aliphatic rings. The summed E-state index contributed by atoms with van der Waals surface area (Å²) in [6, 6.07) is 9.26. The summed E-state index contributed by atoms with van der Waals surface area (Å²) in [5, 5.41) is 2.49. The Kier molecular flexibility index (Phi) is 6.44. The molecule has 0 bridgehead atoms. The van der Waals surface area contributed by atoms with Crippen LogP contribution in [-0.2, 0) is 17.5 Å². The number of hydrogen-bond donors (Lipinski definition) is 1. The van der Waals surface area contributed by atoms with Crippen molar-refractivity contribution >= 4 is 11.7 Å². The normalized spacial score (nSPS) is 11.0. The monoisotopic (exact) mass is 381 g/mol. The van der Waals surface area contributed by atoms with Crippen molar-refractivity contribution in [3.05, 3.63) is 59.2 Å². The van der Waals surface area contributed by atoms with Crippen LogP contribution in [0.4, 0.5) is 13.2 Å². The first kappa shape index (κ1) is 20.3. The van der Waals surface area contributed by atoms with Gasteiger partial charge in [-0.1, -0.05) is 12.1 Å². The molecule has 0 aliphatic heterocycles. The van der Waals surface area contributed by atoms with Gasteiger partial charge < -0.3 is 14.8 Å². The zero-order valence-corrected chi connectivity index (χ0v) is 14.7. The Morgan fingerprint density at radius 1 is 1.07 bits per heavy atom. The topological polar surface area (TPSA) is 64.6 Å². The highest BCUT2D eigenvalue weighted by Crippen LogP contribution is 2.30. The molecule has 1 amide bonds. The molecule has 0 aliphatic carbocycles. The zero-order valence-electron chi connectivity index (χ0n) is 14.7.